The van der Waals surface area contributed by atoms with Crippen LogP contribution in [0.4, 0.5) is 0 Å². The van der Waals surface area contributed by atoms with Crippen LogP contribution in [0.15, 0.2) is 48.5 Å². The third-order valence-electron chi connectivity index (χ3n) is 2.93. The number of carbonyl (C=O) groups is 1. The predicted octanol–water partition coefficient (Wildman–Crippen LogP) is 0.125. The molecule has 0 radical (unpaired) electrons. The van der Waals surface area contributed by atoms with Crippen LogP contribution < -0.4 is 34.3 Å². The van der Waals surface area contributed by atoms with Crippen LogP contribution in [0.1, 0.15) is 18.5 Å². The number of ether oxygens (including phenoxy) is 1. The van der Waals surface area contributed by atoms with Gasteiger partial charge >= 0.3 is 35.5 Å². The maximum atomic E-state index is 11.4. The molecule has 4 heteroatoms. The van der Waals surface area contributed by atoms with Gasteiger partial charge in [-0.25, -0.2) is 0 Å². The van der Waals surface area contributed by atoms with Crippen molar-refractivity contribution < 1.29 is 45.6 Å². The largest absolute Gasteiger partial charge is 1.00 e. The van der Waals surface area contributed by atoms with Gasteiger partial charge in [0.2, 0.25) is 0 Å². The quantitative estimate of drug-likeness (QED) is 0.732. The van der Waals surface area contributed by atoms with E-state index in [0.29, 0.717) is 22.6 Å². The number of hydrogen-bond acceptors (Lipinski definition) is 2. The second-order valence-electron chi connectivity index (χ2n) is 3.95. The van der Waals surface area contributed by atoms with Crippen LogP contribution in [0.2, 0.25) is 0 Å². The van der Waals surface area contributed by atoms with Crippen molar-refractivity contribution >= 4 is 5.97 Å². The van der Waals surface area contributed by atoms with E-state index in [1.807, 2.05) is 24.3 Å². The molecule has 1 heterocycles. The molecule has 3 nitrogen and oxygen atoms in total. The molecule has 0 amide bonds. The minimum atomic E-state index is -0.854. The molecular weight excluding hydrogens is 239 g/mol. The smallest absolute Gasteiger partial charge is 1.00 e. The van der Waals surface area contributed by atoms with Gasteiger partial charge in [0.05, 0.1) is 0 Å². The first-order valence-corrected chi connectivity index (χ1v) is 5.36. The molecule has 0 saturated heterocycles. The average molecular weight is 250 g/mol. The molecule has 1 aliphatic rings. The Kier molecular flexibility index (Phi) is 3.76. The Hall–Kier alpha value is -1.29. The van der Waals surface area contributed by atoms with Crippen molar-refractivity contribution in [3.63, 3.8) is 0 Å². The van der Waals surface area contributed by atoms with E-state index in [1.165, 1.54) is 0 Å². The summed E-state index contributed by atoms with van der Waals surface area (Å²) in [5.41, 5.74) is 1.41. The van der Waals surface area contributed by atoms with Gasteiger partial charge in [-0.2, -0.15) is 0 Å². The summed E-state index contributed by atoms with van der Waals surface area (Å²) in [6, 6.07) is 14.5. The van der Waals surface area contributed by atoms with Gasteiger partial charge in [0.1, 0.15) is 17.4 Å². The Labute approximate surface area is 128 Å². The third-order valence-corrected chi connectivity index (χ3v) is 2.93. The Morgan fingerprint density at radius 3 is 1.89 bits per heavy atom. The van der Waals surface area contributed by atoms with Gasteiger partial charge in [-0.1, -0.05) is 36.4 Å². The van der Waals surface area contributed by atoms with Gasteiger partial charge < -0.3 is 11.3 Å². The average Bonchev–Trinajstić information content (AvgIpc) is 2.35. The van der Waals surface area contributed by atoms with Gasteiger partial charge in [-0.05, 0) is 12.1 Å². The zero-order valence-electron chi connectivity index (χ0n) is 11.0. The SMILES string of the molecule is O=C(O)C1c2ccccc2Oc2ccccc21.[H-].[Na+]. The number of aliphatic carboxylic acids is 1. The molecule has 0 unspecified atom stereocenters. The first kappa shape index (κ1) is 13.1. The molecular formula is C14H11NaO3. The number of rotatable bonds is 1. The standard InChI is InChI=1S/C14H10O3.Na.H/c15-14(16)13-9-5-1-3-7-11(9)17-12-8-4-2-6-10(12)13;;/h1-8,13H,(H,15,16);;/q;+1;-1. The maximum absolute atomic E-state index is 11.4. The van der Waals surface area contributed by atoms with Gasteiger partial charge in [-0.15, -0.1) is 0 Å². The molecule has 86 valence electrons. The molecule has 0 bridgehead atoms. The predicted molar refractivity (Wildman–Crippen MR) is 63.5 cm³/mol. The van der Waals surface area contributed by atoms with Gasteiger partial charge in [0.25, 0.3) is 0 Å². The van der Waals surface area contributed by atoms with Gasteiger partial charge in [-0.3, -0.25) is 4.79 Å². The van der Waals surface area contributed by atoms with E-state index in [-0.39, 0.29) is 31.0 Å². The van der Waals surface area contributed by atoms with E-state index >= 15 is 0 Å². The van der Waals surface area contributed by atoms with Crippen LogP contribution in [-0.2, 0) is 4.79 Å². The number of benzene rings is 2. The fourth-order valence-corrected chi connectivity index (χ4v) is 2.18. The summed E-state index contributed by atoms with van der Waals surface area (Å²) in [6.45, 7) is 0. The van der Waals surface area contributed by atoms with E-state index in [0.717, 1.165) is 0 Å². The van der Waals surface area contributed by atoms with Crippen LogP contribution in [0.5, 0.6) is 11.5 Å². The molecule has 0 fully saturated rings. The Morgan fingerprint density at radius 1 is 1.00 bits per heavy atom. The van der Waals surface area contributed by atoms with Gasteiger partial charge in [0, 0.05) is 11.1 Å². The molecule has 1 N–H and O–H groups in total. The first-order valence-electron chi connectivity index (χ1n) is 5.36. The van der Waals surface area contributed by atoms with Crippen LogP contribution in [0.3, 0.4) is 0 Å². The monoisotopic (exact) mass is 250 g/mol. The Balaban J connectivity index is 0.000000902. The summed E-state index contributed by atoms with van der Waals surface area (Å²) >= 11 is 0. The summed E-state index contributed by atoms with van der Waals surface area (Å²) in [6.07, 6.45) is 0. The summed E-state index contributed by atoms with van der Waals surface area (Å²) in [5.74, 6) is -0.249. The number of fused-ring (bicyclic) bond motifs is 2. The number of hydrogen-bond donors (Lipinski definition) is 1. The van der Waals surface area contributed by atoms with Gasteiger partial charge in [0.15, 0.2) is 0 Å². The van der Waals surface area contributed by atoms with E-state index in [2.05, 4.69) is 0 Å². The second-order valence-corrected chi connectivity index (χ2v) is 3.95. The fourth-order valence-electron chi connectivity index (χ4n) is 2.18. The molecule has 2 aromatic rings. The topological polar surface area (TPSA) is 46.5 Å². The van der Waals surface area contributed by atoms with E-state index in [1.54, 1.807) is 24.3 Å². The summed E-state index contributed by atoms with van der Waals surface area (Å²) in [5, 5.41) is 9.38. The molecule has 2 aromatic carbocycles. The zero-order valence-corrected chi connectivity index (χ0v) is 12.0. The van der Waals surface area contributed by atoms with Crippen molar-refractivity contribution in [3.05, 3.63) is 59.7 Å². The van der Waals surface area contributed by atoms with Crippen LogP contribution in [-0.4, -0.2) is 11.1 Å². The third kappa shape index (κ3) is 2.05. The first-order chi connectivity index (χ1) is 8.27. The van der Waals surface area contributed by atoms with Crippen molar-refractivity contribution in [1.82, 2.24) is 0 Å². The van der Waals surface area contributed by atoms with E-state index < -0.39 is 11.9 Å². The molecule has 1 aliphatic heterocycles. The number of para-hydroxylation sites is 2. The van der Waals surface area contributed by atoms with E-state index in [4.69, 9.17) is 4.74 Å². The molecule has 0 spiro atoms. The van der Waals surface area contributed by atoms with Crippen molar-refractivity contribution in [1.29, 1.82) is 0 Å². The fraction of sp³-hybridized carbons (Fsp3) is 0.0714. The molecule has 0 aromatic heterocycles. The number of carboxylic acid groups (broad SMARTS) is 1. The molecule has 3 rings (SSSR count). The molecule has 0 aliphatic carbocycles. The van der Waals surface area contributed by atoms with Crippen LogP contribution in [0, 0.1) is 0 Å². The zero-order chi connectivity index (χ0) is 11.8. The second kappa shape index (κ2) is 5.14. The maximum Gasteiger partial charge on any atom is 1.00 e. The van der Waals surface area contributed by atoms with Crippen molar-refractivity contribution in [2.45, 2.75) is 5.92 Å². The summed E-state index contributed by atoms with van der Waals surface area (Å²) < 4.78 is 5.69. The Morgan fingerprint density at radius 2 is 1.44 bits per heavy atom. The normalized spacial score (nSPS) is 12.7. The Bertz CT molecular complexity index is 555. The van der Waals surface area contributed by atoms with Crippen LogP contribution >= 0.6 is 0 Å². The van der Waals surface area contributed by atoms with Crippen LogP contribution in [0.25, 0.3) is 0 Å². The summed E-state index contributed by atoms with van der Waals surface area (Å²) in [4.78, 5) is 11.4. The minimum absolute atomic E-state index is 0. The van der Waals surface area contributed by atoms with Crippen molar-refractivity contribution in [3.8, 4) is 11.5 Å². The van der Waals surface area contributed by atoms with Crippen molar-refractivity contribution in [2.24, 2.45) is 0 Å². The molecule has 0 atom stereocenters. The number of carboxylic acids is 1. The molecule has 18 heavy (non-hydrogen) atoms. The minimum Gasteiger partial charge on any atom is -1.00 e. The van der Waals surface area contributed by atoms with Crippen molar-refractivity contribution in [2.75, 3.05) is 0 Å². The summed E-state index contributed by atoms with van der Waals surface area (Å²) in [7, 11) is 0. The van der Waals surface area contributed by atoms with E-state index in [9.17, 15) is 9.90 Å². The molecule has 0 saturated carbocycles.